The van der Waals surface area contributed by atoms with E-state index in [-0.39, 0.29) is 0 Å². The fourth-order valence-electron chi connectivity index (χ4n) is 10.5. The summed E-state index contributed by atoms with van der Waals surface area (Å²) in [6.07, 6.45) is 0. The van der Waals surface area contributed by atoms with Crippen LogP contribution < -0.4 is 51.0 Å². The smallest absolute Gasteiger partial charge is 0.188 e. The minimum absolute atomic E-state index is 0.833. The monoisotopic (exact) mass is 851 g/mol. The summed E-state index contributed by atoms with van der Waals surface area (Å²) in [5.41, 5.74) is 5.73. The van der Waals surface area contributed by atoms with Crippen LogP contribution in [0.3, 0.4) is 0 Å². The summed E-state index contributed by atoms with van der Waals surface area (Å²) in [5, 5.41) is 10.1. The van der Waals surface area contributed by atoms with Gasteiger partial charge in [-0.15, -0.1) is 0 Å². The molecule has 302 valence electrons. The second kappa shape index (κ2) is 15.5. The van der Waals surface area contributed by atoms with Gasteiger partial charge in [-0.05, 0) is 89.0 Å². The highest BCUT2D eigenvalue weighted by molar-refractivity contribution is 7.21. The largest absolute Gasteiger partial charge is 0.457 e. The molecule has 0 saturated heterocycles. The zero-order valence-corrected chi connectivity index (χ0v) is 36.9. The number of hydrogen-bond donors (Lipinski definition) is 0. The molecular formula is C59H41NO2Si2. The third-order valence-corrected chi connectivity index (χ3v) is 22.8. The van der Waals surface area contributed by atoms with E-state index in [4.69, 9.17) is 14.5 Å². The van der Waals surface area contributed by atoms with Crippen LogP contribution in [0, 0.1) is 0 Å². The minimum atomic E-state index is -2.90. The molecule has 0 fully saturated rings. The van der Waals surface area contributed by atoms with Crippen molar-refractivity contribution in [3.8, 4) is 56.6 Å². The van der Waals surface area contributed by atoms with Crippen LogP contribution in [0.25, 0.3) is 33.6 Å². The number of ether oxygens (including phenoxy) is 2. The molecule has 9 aromatic carbocycles. The molecule has 0 atom stereocenters. The van der Waals surface area contributed by atoms with Crippen molar-refractivity contribution in [1.29, 1.82) is 0 Å². The van der Waals surface area contributed by atoms with Gasteiger partial charge in [0.1, 0.15) is 23.0 Å². The topological polar surface area (TPSA) is 31.4 Å². The second-order valence-electron chi connectivity index (χ2n) is 16.5. The summed E-state index contributed by atoms with van der Waals surface area (Å²) < 4.78 is 14.4. The van der Waals surface area contributed by atoms with Gasteiger partial charge in [0, 0.05) is 11.1 Å². The lowest BCUT2D eigenvalue weighted by Gasteiger charge is -2.40. The van der Waals surface area contributed by atoms with Crippen LogP contribution in [0.5, 0.6) is 23.0 Å². The van der Waals surface area contributed by atoms with Crippen molar-refractivity contribution in [2.75, 3.05) is 0 Å². The van der Waals surface area contributed by atoms with Gasteiger partial charge in [-0.1, -0.05) is 212 Å². The van der Waals surface area contributed by atoms with Crippen molar-refractivity contribution >= 4 is 57.6 Å². The number of para-hydroxylation sites is 4. The third kappa shape index (κ3) is 5.82. The molecular weight excluding hydrogens is 811 g/mol. The van der Waals surface area contributed by atoms with Gasteiger partial charge in [0.25, 0.3) is 0 Å². The van der Waals surface area contributed by atoms with Crippen LogP contribution in [-0.2, 0) is 0 Å². The first-order valence-corrected chi connectivity index (χ1v) is 25.9. The molecule has 12 rings (SSSR count). The molecule has 0 bridgehead atoms. The maximum absolute atomic E-state index is 7.18. The Kier molecular flexibility index (Phi) is 9.18. The lowest BCUT2D eigenvalue weighted by Crippen LogP contribution is -2.76. The van der Waals surface area contributed by atoms with Gasteiger partial charge in [-0.3, -0.25) is 0 Å². The first-order chi connectivity index (χ1) is 31.7. The summed E-state index contributed by atoms with van der Waals surface area (Å²) in [6, 6.07) is 89.8. The van der Waals surface area contributed by atoms with Crippen molar-refractivity contribution in [2.24, 2.45) is 0 Å². The molecule has 0 N–H and O–H groups in total. The van der Waals surface area contributed by atoms with E-state index in [1.165, 1.54) is 41.5 Å². The van der Waals surface area contributed by atoms with Crippen molar-refractivity contribution in [3.63, 3.8) is 0 Å². The van der Waals surface area contributed by atoms with E-state index >= 15 is 0 Å². The number of aromatic nitrogens is 1. The van der Waals surface area contributed by atoms with E-state index in [1.807, 2.05) is 0 Å². The van der Waals surface area contributed by atoms with E-state index in [2.05, 4.69) is 249 Å². The van der Waals surface area contributed by atoms with Gasteiger partial charge in [-0.25, -0.2) is 4.98 Å². The molecule has 0 aliphatic carbocycles. The standard InChI is InChI=1S/C59H41NO2Si2/c1-6-22-42(23-7-1)43-40-50(48-32-20-38-56-58(48)61-52-34-16-18-36-54(52)63(56,44-24-8-2-9-25-44)45-26-10-3-11-27-45)60-51(41-43)49-33-21-39-57-59(49)62-53-35-17-19-37-55(53)64(57,46-28-12-4-13-29-46)47-30-14-5-15-31-47/h1-41H. The normalized spacial score (nSPS) is 13.8. The highest BCUT2D eigenvalue weighted by atomic mass is 28.3. The highest BCUT2D eigenvalue weighted by Crippen LogP contribution is 2.42. The Bertz CT molecular complexity index is 3040. The molecule has 5 heteroatoms. The van der Waals surface area contributed by atoms with Gasteiger partial charge in [-0.2, -0.15) is 0 Å². The summed E-state index contributed by atoms with van der Waals surface area (Å²) in [7, 11) is -5.80. The van der Waals surface area contributed by atoms with Gasteiger partial charge in [0.15, 0.2) is 16.1 Å². The summed E-state index contributed by atoms with van der Waals surface area (Å²) >= 11 is 0. The predicted octanol–water partition coefficient (Wildman–Crippen LogP) is 9.05. The zero-order valence-electron chi connectivity index (χ0n) is 34.9. The molecule has 64 heavy (non-hydrogen) atoms. The van der Waals surface area contributed by atoms with E-state index in [9.17, 15) is 0 Å². The molecule has 10 aromatic rings. The Morgan fingerprint density at radius 1 is 0.281 bits per heavy atom. The minimum Gasteiger partial charge on any atom is -0.457 e. The molecule has 0 amide bonds. The van der Waals surface area contributed by atoms with E-state index in [0.717, 1.165) is 56.6 Å². The molecule has 0 radical (unpaired) electrons. The maximum Gasteiger partial charge on any atom is 0.188 e. The predicted molar refractivity (Wildman–Crippen MR) is 268 cm³/mol. The molecule has 0 saturated carbocycles. The Morgan fingerprint density at radius 3 is 1.00 bits per heavy atom. The van der Waals surface area contributed by atoms with Gasteiger partial charge in [0.2, 0.25) is 0 Å². The highest BCUT2D eigenvalue weighted by Gasteiger charge is 2.50. The fourth-order valence-corrected chi connectivity index (χ4v) is 20.4. The van der Waals surface area contributed by atoms with Crippen LogP contribution >= 0.6 is 0 Å². The van der Waals surface area contributed by atoms with E-state index in [0.29, 0.717) is 0 Å². The number of pyridine rings is 1. The molecule has 2 aliphatic rings. The number of benzene rings is 9. The van der Waals surface area contributed by atoms with E-state index < -0.39 is 16.1 Å². The van der Waals surface area contributed by atoms with Crippen LogP contribution in [0.15, 0.2) is 249 Å². The molecule has 3 heterocycles. The molecule has 3 nitrogen and oxygen atoms in total. The maximum atomic E-state index is 7.18. The van der Waals surface area contributed by atoms with Gasteiger partial charge in [0.05, 0.1) is 11.4 Å². The number of nitrogens with zero attached hydrogens (tertiary/aromatic N) is 1. The first-order valence-electron chi connectivity index (χ1n) is 21.9. The second-order valence-corrected chi connectivity index (χ2v) is 24.0. The van der Waals surface area contributed by atoms with Crippen LogP contribution in [-0.4, -0.2) is 21.1 Å². The number of hydrogen-bond acceptors (Lipinski definition) is 3. The Balaban J connectivity index is 1.13. The van der Waals surface area contributed by atoms with Crippen molar-refractivity contribution in [2.45, 2.75) is 0 Å². The van der Waals surface area contributed by atoms with Crippen LogP contribution in [0.2, 0.25) is 0 Å². The van der Waals surface area contributed by atoms with Crippen LogP contribution in [0.1, 0.15) is 0 Å². The summed E-state index contributed by atoms with van der Waals surface area (Å²) in [6.45, 7) is 0. The van der Waals surface area contributed by atoms with Crippen molar-refractivity contribution in [3.05, 3.63) is 249 Å². The molecule has 0 unspecified atom stereocenters. The SMILES string of the molecule is c1ccc(-c2cc(-c3cccc4c3Oc3ccccc3[Si]4(c3ccccc3)c3ccccc3)nc(-c3cccc4c3Oc3ccccc3[Si]4(c3ccccc3)c3ccccc3)c2)cc1. The van der Waals surface area contributed by atoms with E-state index in [1.54, 1.807) is 0 Å². The third-order valence-electron chi connectivity index (χ3n) is 13.2. The number of rotatable bonds is 7. The average molecular weight is 852 g/mol. The Labute approximate surface area is 375 Å². The molecule has 0 spiro atoms. The zero-order chi connectivity index (χ0) is 42.5. The average Bonchev–Trinajstić information content (AvgIpc) is 3.38. The quantitative estimate of drug-likeness (QED) is 0.150. The summed E-state index contributed by atoms with van der Waals surface area (Å²) in [4.78, 5) is 5.68. The van der Waals surface area contributed by atoms with Crippen LogP contribution in [0.4, 0.5) is 0 Å². The fraction of sp³-hybridized carbons (Fsp3) is 0. The summed E-state index contributed by atoms with van der Waals surface area (Å²) in [5.74, 6) is 3.47. The van der Waals surface area contributed by atoms with Crippen molar-refractivity contribution in [1.82, 2.24) is 4.98 Å². The molecule has 1 aromatic heterocycles. The first kappa shape index (κ1) is 37.9. The number of fused-ring (bicyclic) bond motifs is 4. The van der Waals surface area contributed by atoms with Crippen molar-refractivity contribution < 1.29 is 9.47 Å². The van der Waals surface area contributed by atoms with Gasteiger partial charge < -0.3 is 9.47 Å². The molecule has 2 aliphatic heterocycles. The Hall–Kier alpha value is -7.84. The Morgan fingerprint density at radius 2 is 0.609 bits per heavy atom. The lowest BCUT2D eigenvalue weighted by atomic mass is 9.99. The van der Waals surface area contributed by atoms with Gasteiger partial charge >= 0.3 is 0 Å². The lowest BCUT2D eigenvalue weighted by molar-refractivity contribution is 0.488.